The van der Waals surface area contributed by atoms with E-state index in [0.717, 1.165) is 5.75 Å². The highest BCUT2D eigenvalue weighted by atomic mass is 32.2. The zero-order valence-electron chi connectivity index (χ0n) is 10.1. The summed E-state index contributed by atoms with van der Waals surface area (Å²) < 4.78 is 0. The fraction of sp³-hybridized carbons (Fsp3) is 0.333. The molecule has 0 aliphatic carbocycles. The Morgan fingerprint density at radius 1 is 1.35 bits per heavy atom. The van der Waals surface area contributed by atoms with E-state index in [1.807, 2.05) is 6.07 Å². The summed E-state index contributed by atoms with van der Waals surface area (Å²) in [6, 6.07) is 8.38. The van der Waals surface area contributed by atoms with Crippen molar-refractivity contribution in [1.29, 1.82) is 0 Å². The Morgan fingerprint density at radius 3 is 2.71 bits per heavy atom. The first kappa shape index (κ1) is 13.6. The quantitative estimate of drug-likeness (QED) is 0.364. The molecule has 0 unspecified atom stereocenters. The van der Waals surface area contributed by atoms with Crippen molar-refractivity contribution in [2.24, 2.45) is 21.7 Å². The van der Waals surface area contributed by atoms with Crippen molar-refractivity contribution in [3.05, 3.63) is 29.8 Å². The topological polar surface area (TPSA) is 76.8 Å². The number of guanidine groups is 1. The van der Waals surface area contributed by atoms with Gasteiger partial charge < -0.3 is 11.5 Å². The van der Waals surface area contributed by atoms with E-state index in [9.17, 15) is 0 Å². The summed E-state index contributed by atoms with van der Waals surface area (Å²) >= 11 is 1.73. The minimum absolute atomic E-state index is 0.0196. The van der Waals surface area contributed by atoms with Crippen molar-refractivity contribution in [1.82, 2.24) is 0 Å². The van der Waals surface area contributed by atoms with E-state index in [1.54, 1.807) is 18.0 Å². The Hall–Kier alpha value is -1.49. The van der Waals surface area contributed by atoms with Gasteiger partial charge in [-0.1, -0.05) is 32.0 Å². The number of hydrogen-bond acceptors (Lipinski definition) is 3. The third kappa shape index (κ3) is 4.91. The smallest absolute Gasteiger partial charge is 0.211 e. The molecule has 0 amide bonds. The van der Waals surface area contributed by atoms with Gasteiger partial charge in [0.1, 0.15) is 0 Å². The molecular formula is C12H18N4S. The molecule has 4 nitrogen and oxygen atoms in total. The molecular weight excluding hydrogens is 232 g/mol. The summed E-state index contributed by atoms with van der Waals surface area (Å²) in [6.45, 7) is 4.37. The van der Waals surface area contributed by atoms with Crippen LogP contribution in [0.4, 0.5) is 0 Å². The summed E-state index contributed by atoms with van der Waals surface area (Å²) in [5, 5.41) is 7.29. The molecule has 0 aliphatic rings. The molecule has 92 valence electrons. The lowest BCUT2D eigenvalue weighted by atomic mass is 10.0. The predicted octanol–water partition coefficient (Wildman–Crippen LogP) is 2.16. The monoisotopic (exact) mass is 250 g/mol. The van der Waals surface area contributed by atoms with Crippen molar-refractivity contribution in [2.75, 3.05) is 5.75 Å². The first-order valence-corrected chi connectivity index (χ1v) is 6.42. The van der Waals surface area contributed by atoms with Gasteiger partial charge in [-0.05, 0) is 17.5 Å². The van der Waals surface area contributed by atoms with Gasteiger partial charge >= 0.3 is 0 Å². The maximum absolute atomic E-state index is 5.16. The van der Waals surface area contributed by atoms with Crippen molar-refractivity contribution in [3.8, 4) is 0 Å². The summed E-state index contributed by atoms with van der Waals surface area (Å²) in [5.74, 6) is 1.25. The number of nitrogens with two attached hydrogens (primary N) is 2. The standard InChI is InChI=1S/C12H18N4S/c1-9(2)10-5-3-4-6-11(10)17-8-7-15-16-12(13)14/h3-7,9H,8H2,1-2H3,(H4,13,14,16)/b15-7+. The van der Waals surface area contributed by atoms with Gasteiger partial charge in [-0.3, -0.25) is 0 Å². The number of rotatable bonds is 5. The summed E-state index contributed by atoms with van der Waals surface area (Å²) in [6.07, 6.45) is 1.70. The molecule has 0 aliphatic heterocycles. The third-order valence-electron chi connectivity index (χ3n) is 2.11. The Labute approximate surface area is 106 Å². The molecule has 0 bridgehead atoms. The molecule has 0 atom stereocenters. The number of hydrogen-bond donors (Lipinski definition) is 2. The van der Waals surface area contributed by atoms with Crippen LogP contribution >= 0.6 is 11.8 Å². The van der Waals surface area contributed by atoms with Gasteiger partial charge in [0.05, 0.1) is 0 Å². The lowest BCUT2D eigenvalue weighted by Crippen LogP contribution is -2.21. The highest BCUT2D eigenvalue weighted by molar-refractivity contribution is 8.00. The zero-order chi connectivity index (χ0) is 12.7. The second-order valence-electron chi connectivity index (χ2n) is 3.83. The van der Waals surface area contributed by atoms with Gasteiger partial charge in [-0.15, -0.1) is 16.9 Å². The van der Waals surface area contributed by atoms with Crippen LogP contribution < -0.4 is 11.5 Å². The normalized spacial score (nSPS) is 11.0. The maximum atomic E-state index is 5.16. The van der Waals surface area contributed by atoms with Crippen molar-refractivity contribution in [3.63, 3.8) is 0 Å². The first-order valence-electron chi connectivity index (χ1n) is 5.43. The molecule has 1 aromatic rings. The Balaban J connectivity index is 2.58. The van der Waals surface area contributed by atoms with E-state index >= 15 is 0 Å². The lowest BCUT2D eigenvalue weighted by molar-refractivity contribution is 0.842. The minimum Gasteiger partial charge on any atom is -0.369 e. The molecule has 0 saturated heterocycles. The third-order valence-corrected chi connectivity index (χ3v) is 3.11. The fourth-order valence-corrected chi connectivity index (χ4v) is 2.32. The van der Waals surface area contributed by atoms with Crippen LogP contribution in [-0.4, -0.2) is 17.9 Å². The Morgan fingerprint density at radius 2 is 2.06 bits per heavy atom. The second-order valence-corrected chi connectivity index (χ2v) is 4.89. The SMILES string of the molecule is CC(C)c1ccccc1SC/C=N/N=C(N)N. The molecule has 0 heterocycles. The predicted molar refractivity (Wildman–Crippen MR) is 75.6 cm³/mol. The van der Waals surface area contributed by atoms with Gasteiger partial charge in [0.15, 0.2) is 0 Å². The van der Waals surface area contributed by atoms with Gasteiger partial charge in [0, 0.05) is 16.9 Å². The maximum Gasteiger partial charge on any atom is 0.211 e. The molecule has 0 aromatic heterocycles. The van der Waals surface area contributed by atoms with Crippen LogP contribution in [0.3, 0.4) is 0 Å². The highest BCUT2D eigenvalue weighted by Gasteiger charge is 2.04. The van der Waals surface area contributed by atoms with E-state index in [2.05, 4.69) is 42.2 Å². The lowest BCUT2D eigenvalue weighted by Gasteiger charge is -2.10. The van der Waals surface area contributed by atoms with Crippen molar-refractivity contribution in [2.45, 2.75) is 24.7 Å². The minimum atomic E-state index is -0.0196. The molecule has 0 fully saturated rings. The van der Waals surface area contributed by atoms with Crippen LogP contribution in [0, 0.1) is 0 Å². The number of thioether (sulfide) groups is 1. The molecule has 1 aromatic carbocycles. The number of benzene rings is 1. The van der Waals surface area contributed by atoms with Gasteiger partial charge in [-0.25, -0.2) is 0 Å². The van der Waals surface area contributed by atoms with Crippen LogP contribution in [0.2, 0.25) is 0 Å². The Bertz CT molecular complexity index is 409. The van der Waals surface area contributed by atoms with Gasteiger partial charge in [0.25, 0.3) is 0 Å². The molecule has 17 heavy (non-hydrogen) atoms. The molecule has 0 radical (unpaired) electrons. The van der Waals surface area contributed by atoms with Crippen molar-refractivity contribution >= 4 is 23.9 Å². The van der Waals surface area contributed by atoms with Crippen LogP contribution in [0.1, 0.15) is 25.3 Å². The summed E-state index contributed by atoms with van der Waals surface area (Å²) in [7, 11) is 0. The van der Waals surface area contributed by atoms with Crippen LogP contribution in [0.15, 0.2) is 39.4 Å². The summed E-state index contributed by atoms with van der Waals surface area (Å²) in [5.41, 5.74) is 11.7. The fourth-order valence-electron chi connectivity index (χ4n) is 1.36. The average Bonchev–Trinajstić information content (AvgIpc) is 2.28. The van der Waals surface area contributed by atoms with Crippen LogP contribution in [0.5, 0.6) is 0 Å². The number of nitrogens with zero attached hydrogens (tertiary/aromatic N) is 2. The largest absolute Gasteiger partial charge is 0.369 e. The zero-order valence-corrected chi connectivity index (χ0v) is 10.9. The van der Waals surface area contributed by atoms with Crippen LogP contribution in [-0.2, 0) is 0 Å². The average molecular weight is 250 g/mol. The Kier molecular flexibility index (Phi) is 5.56. The second kappa shape index (κ2) is 6.96. The highest BCUT2D eigenvalue weighted by Crippen LogP contribution is 2.27. The molecule has 4 N–H and O–H groups in total. The van der Waals surface area contributed by atoms with Gasteiger partial charge in [-0.2, -0.15) is 5.10 Å². The van der Waals surface area contributed by atoms with Crippen molar-refractivity contribution < 1.29 is 0 Å². The first-order chi connectivity index (χ1) is 8.11. The van der Waals surface area contributed by atoms with E-state index < -0.39 is 0 Å². The molecule has 1 rings (SSSR count). The van der Waals surface area contributed by atoms with Crippen LogP contribution in [0.25, 0.3) is 0 Å². The molecule has 0 spiro atoms. The van der Waals surface area contributed by atoms with Gasteiger partial charge in [0.2, 0.25) is 5.96 Å². The van der Waals surface area contributed by atoms with E-state index in [1.165, 1.54) is 10.5 Å². The molecule has 0 saturated carbocycles. The van der Waals surface area contributed by atoms with E-state index in [-0.39, 0.29) is 5.96 Å². The molecule has 5 heteroatoms. The summed E-state index contributed by atoms with van der Waals surface area (Å²) in [4.78, 5) is 1.28. The van der Waals surface area contributed by atoms with E-state index in [0.29, 0.717) is 5.92 Å². The van der Waals surface area contributed by atoms with E-state index in [4.69, 9.17) is 11.5 Å².